The molecule has 3 saturated heterocycles. The van der Waals surface area contributed by atoms with E-state index >= 15 is 0 Å². The number of anilines is 1. The van der Waals surface area contributed by atoms with Crippen LogP contribution in [0.25, 0.3) is 11.0 Å². The van der Waals surface area contributed by atoms with E-state index in [1.807, 2.05) is 30.3 Å². The van der Waals surface area contributed by atoms with E-state index in [-0.39, 0.29) is 30.1 Å². The van der Waals surface area contributed by atoms with Crippen molar-refractivity contribution in [2.45, 2.75) is 18.2 Å². The number of aromatic nitrogens is 1. The van der Waals surface area contributed by atoms with Gasteiger partial charge in [-0.25, -0.2) is 4.98 Å². The first-order valence-corrected chi connectivity index (χ1v) is 10.8. The molecule has 1 N–H and O–H groups in total. The lowest BCUT2D eigenvalue weighted by atomic mass is 9.83. The van der Waals surface area contributed by atoms with Gasteiger partial charge in [0.2, 0.25) is 0 Å². The molecule has 5 heterocycles. The molecule has 2 aromatic heterocycles. The minimum absolute atomic E-state index is 0.0235. The Labute approximate surface area is 180 Å². The summed E-state index contributed by atoms with van der Waals surface area (Å²) < 4.78 is 12.6. The maximum Gasteiger partial charge on any atom is 0.142 e. The van der Waals surface area contributed by atoms with Crippen molar-refractivity contribution in [3.05, 3.63) is 60.0 Å². The van der Waals surface area contributed by atoms with Gasteiger partial charge in [0.15, 0.2) is 0 Å². The van der Waals surface area contributed by atoms with Crippen LogP contribution in [0.15, 0.2) is 52.9 Å². The molecular weight excluding hydrogens is 392 g/mol. The summed E-state index contributed by atoms with van der Waals surface area (Å²) in [5.41, 5.74) is 0.987. The Hall–Kier alpha value is -2.92. The van der Waals surface area contributed by atoms with Crippen LogP contribution in [0.3, 0.4) is 0 Å². The number of likely N-dealkylation sites (tertiary alicyclic amines) is 1. The van der Waals surface area contributed by atoms with Gasteiger partial charge < -0.3 is 19.2 Å². The number of ether oxygens (including phenoxy) is 1. The van der Waals surface area contributed by atoms with E-state index in [1.165, 1.54) is 0 Å². The fraction of sp³-hybridized carbons (Fsp3) is 0.417. The Kier molecular flexibility index (Phi) is 4.29. The lowest BCUT2D eigenvalue weighted by molar-refractivity contribution is -0.0650. The summed E-state index contributed by atoms with van der Waals surface area (Å²) in [7, 11) is 0. The smallest absolute Gasteiger partial charge is 0.142 e. The lowest BCUT2D eigenvalue weighted by Crippen LogP contribution is -2.54. The summed E-state index contributed by atoms with van der Waals surface area (Å²) in [6.07, 6.45) is -0.0235. The molecule has 1 spiro atoms. The summed E-state index contributed by atoms with van der Waals surface area (Å²) in [5, 5.41) is 20.5. The van der Waals surface area contributed by atoms with E-state index in [2.05, 4.69) is 33.0 Å². The molecule has 3 aromatic rings. The van der Waals surface area contributed by atoms with E-state index in [1.54, 1.807) is 6.07 Å². The van der Waals surface area contributed by atoms with Crippen molar-refractivity contribution in [3.8, 4) is 6.07 Å². The number of nitrogens with zero attached hydrogens (tertiary/aromatic N) is 4. The summed E-state index contributed by atoms with van der Waals surface area (Å²) in [5.74, 6) is 2.12. The normalized spacial score (nSPS) is 29.9. The SMILES string of the molecule is N#Cc1cccc(N2C[C@H]3O[C@@]4(CN(Cc5cc6ccccc6o5)C[C@@H]4[C@@H]3CO)C2)n1. The minimum atomic E-state index is -0.341. The second-order valence-electron chi connectivity index (χ2n) is 8.97. The molecule has 2 bridgehead atoms. The fourth-order valence-electron chi connectivity index (χ4n) is 5.82. The van der Waals surface area contributed by atoms with Crippen LogP contribution in [0, 0.1) is 23.2 Å². The molecule has 1 aromatic carbocycles. The van der Waals surface area contributed by atoms with Crippen molar-refractivity contribution in [3.63, 3.8) is 0 Å². The zero-order chi connectivity index (χ0) is 21.0. The van der Waals surface area contributed by atoms with Gasteiger partial charge in [-0.15, -0.1) is 0 Å². The minimum Gasteiger partial charge on any atom is -0.460 e. The Morgan fingerprint density at radius 3 is 2.90 bits per heavy atom. The number of aliphatic hydroxyl groups excluding tert-OH is 1. The first kappa shape index (κ1) is 18.8. The maximum absolute atomic E-state index is 10.2. The molecule has 0 unspecified atom stereocenters. The highest BCUT2D eigenvalue weighted by Gasteiger charge is 2.62. The third-order valence-electron chi connectivity index (χ3n) is 7.10. The van der Waals surface area contributed by atoms with Gasteiger partial charge in [0.05, 0.1) is 19.2 Å². The first-order chi connectivity index (χ1) is 15.2. The molecular formula is C24H24N4O3. The average Bonchev–Trinajstić information content (AvgIpc) is 3.40. The molecule has 0 radical (unpaired) electrons. The molecule has 3 aliphatic heterocycles. The van der Waals surface area contributed by atoms with Crippen LogP contribution in [0.1, 0.15) is 11.5 Å². The van der Waals surface area contributed by atoms with Gasteiger partial charge in [-0.2, -0.15) is 5.26 Å². The van der Waals surface area contributed by atoms with Crippen LogP contribution in [0.2, 0.25) is 0 Å². The molecule has 3 fully saturated rings. The number of benzene rings is 1. The van der Waals surface area contributed by atoms with Crippen LogP contribution < -0.4 is 4.90 Å². The van der Waals surface area contributed by atoms with Gasteiger partial charge >= 0.3 is 0 Å². The quantitative estimate of drug-likeness (QED) is 0.699. The highest BCUT2D eigenvalue weighted by atomic mass is 16.5. The Bertz CT molecular complexity index is 1140. The highest BCUT2D eigenvalue weighted by molar-refractivity contribution is 5.77. The molecule has 6 rings (SSSR count). The fourth-order valence-corrected chi connectivity index (χ4v) is 5.82. The predicted molar refractivity (Wildman–Crippen MR) is 114 cm³/mol. The molecule has 158 valence electrons. The van der Waals surface area contributed by atoms with E-state index in [0.717, 1.165) is 42.2 Å². The first-order valence-electron chi connectivity index (χ1n) is 10.8. The molecule has 7 nitrogen and oxygen atoms in total. The Morgan fingerprint density at radius 1 is 1.16 bits per heavy atom. The van der Waals surface area contributed by atoms with E-state index < -0.39 is 0 Å². The molecule has 0 saturated carbocycles. The van der Waals surface area contributed by atoms with Crippen molar-refractivity contribution in [2.24, 2.45) is 11.8 Å². The topological polar surface area (TPSA) is 85.8 Å². The van der Waals surface area contributed by atoms with Crippen molar-refractivity contribution in [1.29, 1.82) is 5.26 Å². The van der Waals surface area contributed by atoms with Crippen molar-refractivity contribution in [2.75, 3.05) is 37.7 Å². The predicted octanol–water partition coefficient (Wildman–Crippen LogP) is 2.40. The van der Waals surface area contributed by atoms with Gasteiger partial charge in [0.25, 0.3) is 0 Å². The molecule has 31 heavy (non-hydrogen) atoms. The van der Waals surface area contributed by atoms with Gasteiger partial charge in [-0.1, -0.05) is 24.3 Å². The standard InChI is InChI=1S/C24H24N4O3/c25-9-17-5-3-7-23(26-17)28-12-22-19(13-29)20-11-27(14-24(20,15-28)31-22)10-18-8-16-4-1-2-6-21(16)30-18/h1-8,19-20,22,29H,10-15H2/t19-,20+,22+,24-/m0/s1. The van der Waals surface area contributed by atoms with Crippen LogP contribution >= 0.6 is 0 Å². The second-order valence-corrected chi connectivity index (χ2v) is 8.97. The molecule has 7 heteroatoms. The van der Waals surface area contributed by atoms with E-state index in [0.29, 0.717) is 18.8 Å². The zero-order valence-electron chi connectivity index (χ0n) is 17.1. The number of para-hydroxylation sites is 1. The van der Waals surface area contributed by atoms with E-state index in [9.17, 15) is 10.4 Å². The monoisotopic (exact) mass is 416 g/mol. The lowest BCUT2D eigenvalue weighted by Gasteiger charge is -2.41. The zero-order valence-corrected chi connectivity index (χ0v) is 17.1. The molecule has 3 aliphatic rings. The number of hydrogen-bond acceptors (Lipinski definition) is 7. The van der Waals surface area contributed by atoms with Gasteiger partial charge in [0, 0.05) is 43.5 Å². The summed E-state index contributed by atoms with van der Waals surface area (Å²) in [6, 6.07) is 17.9. The maximum atomic E-state index is 10.2. The summed E-state index contributed by atoms with van der Waals surface area (Å²) in [4.78, 5) is 9.11. The summed E-state index contributed by atoms with van der Waals surface area (Å²) in [6.45, 7) is 3.91. The largest absolute Gasteiger partial charge is 0.460 e. The molecule has 0 aliphatic carbocycles. The Morgan fingerprint density at radius 2 is 2.06 bits per heavy atom. The number of nitriles is 1. The van der Waals surface area contributed by atoms with Crippen molar-refractivity contribution < 1.29 is 14.3 Å². The number of rotatable bonds is 4. The van der Waals surface area contributed by atoms with Gasteiger partial charge in [-0.3, -0.25) is 4.90 Å². The van der Waals surface area contributed by atoms with Crippen LogP contribution in [0.4, 0.5) is 5.82 Å². The number of morpholine rings is 1. The van der Waals surface area contributed by atoms with Crippen molar-refractivity contribution >= 4 is 16.8 Å². The number of hydrogen-bond donors (Lipinski definition) is 1. The third kappa shape index (κ3) is 3.02. The van der Waals surface area contributed by atoms with Gasteiger partial charge in [0.1, 0.15) is 34.5 Å². The van der Waals surface area contributed by atoms with Crippen LogP contribution in [-0.2, 0) is 11.3 Å². The number of fused-ring (bicyclic) bond motifs is 2. The summed E-state index contributed by atoms with van der Waals surface area (Å²) >= 11 is 0. The Balaban J connectivity index is 1.26. The number of furan rings is 1. The third-order valence-corrected chi connectivity index (χ3v) is 7.10. The highest BCUT2D eigenvalue weighted by Crippen LogP contribution is 2.49. The average molecular weight is 416 g/mol. The van der Waals surface area contributed by atoms with Crippen LogP contribution in [-0.4, -0.2) is 59.5 Å². The van der Waals surface area contributed by atoms with Gasteiger partial charge in [-0.05, 0) is 24.3 Å². The molecule has 0 amide bonds. The van der Waals surface area contributed by atoms with E-state index in [4.69, 9.17) is 9.15 Å². The molecule has 4 atom stereocenters. The second kappa shape index (κ2) is 7.06. The van der Waals surface area contributed by atoms with Crippen molar-refractivity contribution in [1.82, 2.24) is 9.88 Å². The van der Waals surface area contributed by atoms with Crippen LogP contribution in [0.5, 0.6) is 0 Å². The number of aliphatic hydroxyl groups is 1. The number of pyridine rings is 1.